The van der Waals surface area contributed by atoms with E-state index in [2.05, 4.69) is 47.1 Å². The van der Waals surface area contributed by atoms with Crippen molar-refractivity contribution >= 4 is 39.1 Å². The van der Waals surface area contributed by atoms with Crippen LogP contribution in [0, 0.1) is 0 Å². The van der Waals surface area contributed by atoms with E-state index in [1.165, 1.54) is 5.56 Å². The van der Waals surface area contributed by atoms with Gasteiger partial charge in [-0.25, -0.2) is 0 Å². The number of aryl methyl sites for hydroxylation is 1. The number of rotatable bonds is 3. The molecule has 0 N–H and O–H groups in total. The predicted octanol–water partition coefficient (Wildman–Crippen LogP) is 5.99. The fourth-order valence-corrected chi connectivity index (χ4v) is 2.82. The van der Waals surface area contributed by atoms with E-state index >= 15 is 0 Å². The average molecular weight is 344 g/mol. The molecule has 94 valence electrons. The number of benzene rings is 2. The quantitative estimate of drug-likeness (QED) is 0.600. The van der Waals surface area contributed by atoms with Crippen LogP contribution in [-0.4, -0.2) is 0 Å². The maximum absolute atomic E-state index is 6.50. The van der Waals surface area contributed by atoms with Crippen LogP contribution in [0.5, 0.6) is 0 Å². The summed E-state index contributed by atoms with van der Waals surface area (Å²) in [6.07, 6.45) is 1.03. The maximum atomic E-state index is 6.50. The average Bonchev–Trinajstić information content (AvgIpc) is 2.41. The van der Waals surface area contributed by atoms with Crippen LogP contribution in [0.25, 0.3) is 0 Å². The first-order valence-corrected chi connectivity index (χ1v) is 7.41. The van der Waals surface area contributed by atoms with Crippen LogP contribution >= 0.6 is 39.1 Å². The summed E-state index contributed by atoms with van der Waals surface area (Å²) in [7, 11) is 0. The third-order valence-electron chi connectivity index (χ3n) is 2.94. The van der Waals surface area contributed by atoms with Crippen molar-refractivity contribution in [2.75, 3.05) is 0 Å². The molecule has 0 radical (unpaired) electrons. The van der Waals surface area contributed by atoms with E-state index in [0.29, 0.717) is 5.02 Å². The van der Waals surface area contributed by atoms with Crippen LogP contribution in [0.3, 0.4) is 0 Å². The summed E-state index contributed by atoms with van der Waals surface area (Å²) in [6.45, 7) is 2.14. The fourth-order valence-electron chi connectivity index (χ4n) is 1.82. The fraction of sp³-hybridized carbons (Fsp3) is 0.200. The van der Waals surface area contributed by atoms with Gasteiger partial charge >= 0.3 is 0 Å². The van der Waals surface area contributed by atoms with Crippen molar-refractivity contribution in [3.63, 3.8) is 0 Å². The lowest BCUT2D eigenvalue weighted by Gasteiger charge is -2.13. The van der Waals surface area contributed by atoms with Crippen LogP contribution in [0.2, 0.25) is 5.02 Å². The molecule has 0 aliphatic carbocycles. The highest BCUT2D eigenvalue weighted by Crippen LogP contribution is 2.37. The Morgan fingerprint density at radius 3 is 2.39 bits per heavy atom. The Kier molecular flexibility index (Phi) is 4.71. The molecule has 0 saturated heterocycles. The molecule has 0 bridgehead atoms. The third-order valence-corrected chi connectivity index (χ3v) is 4.73. The normalized spacial score (nSPS) is 12.4. The Bertz CT molecular complexity index is 535. The van der Waals surface area contributed by atoms with E-state index in [0.717, 1.165) is 22.0 Å². The van der Waals surface area contributed by atoms with Gasteiger partial charge in [0.1, 0.15) is 0 Å². The third kappa shape index (κ3) is 2.90. The van der Waals surface area contributed by atoms with Gasteiger partial charge < -0.3 is 0 Å². The molecule has 0 spiro atoms. The first kappa shape index (κ1) is 13.9. The van der Waals surface area contributed by atoms with Crippen molar-refractivity contribution in [2.24, 2.45) is 0 Å². The highest BCUT2D eigenvalue weighted by atomic mass is 79.9. The zero-order valence-corrected chi connectivity index (χ0v) is 13.1. The molecule has 18 heavy (non-hydrogen) atoms. The molecular formula is C15H13BrCl2. The maximum Gasteiger partial charge on any atom is 0.0850 e. The summed E-state index contributed by atoms with van der Waals surface area (Å²) in [5, 5.41) is 0.456. The van der Waals surface area contributed by atoms with Crippen molar-refractivity contribution in [2.45, 2.75) is 18.7 Å². The zero-order valence-electron chi connectivity index (χ0n) is 9.96. The highest BCUT2D eigenvalue weighted by molar-refractivity contribution is 9.10. The SMILES string of the molecule is CCc1ccc(C(Cl)c2cccc(Br)c2Cl)cc1. The van der Waals surface area contributed by atoms with Crippen molar-refractivity contribution in [1.29, 1.82) is 0 Å². The zero-order chi connectivity index (χ0) is 13.1. The van der Waals surface area contributed by atoms with Crippen molar-refractivity contribution in [3.8, 4) is 0 Å². The molecule has 2 aromatic rings. The largest absolute Gasteiger partial charge is 0.113 e. The van der Waals surface area contributed by atoms with E-state index in [1.807, 2.05) is 18.2 Å². The number of halogens is 3. The number of hydrogen-bond donors (Lipinski definition) is 0. The second-order valence-corrected chi connectivity index (χ2v) is 5.77. The summed E-state index contributed by atoms with van der Waals surface area (Å²) in [6, 6.07) is 14.2. The standard InChI is InChI=1S/C15H13BrCl2/c1-2-10-6-8-11(9-7-10)14(17)12-4-3-5-13(16)15(12)18/h3-9,14H,2H2,1H3. The molecule has 0 heterocycles. The molecule has 1 unspecified atom stereocenters. The Hall–Kier alpha value is -0.500. The molecule has 0 amide bonds. The second-order valence-electron chi connectivity index (χ2n) is 4.10. The molecule has 0 aromatic heterocycles. The van der Waals surface area contributed by atoms with Crippen LogP contribution in [0.1, 0.15) is 29.0 Å². The molecule has 2 aromatic carbocycles. The van der Waals surface area contributed by atoms with Gasteiger partial charge in [-0.05, 0) is 45.1 Å². The summed E-state index contributed by atoms with van der Waals surface area (Å²) in [5.41, 5.74) is 3.30. The van der Waals surface area contributed by atoms with Crippen LogP contribution in [0.15, 0.2) is 46.9 Å². The lowest BCUT2D eigenvalue weighted by atomic mass is 10.0. The lowest BCUT2D eigenvalue weighted by Crippen LogP contribution is -1.95. The Morgan fingerprint density at radius 1 is 1.11 bits per heavy atom. The minimum absolute atomic E-state index is 0.221. The van der Waals surface area contributed by atoms with Gasteiger partial charge in [0.25, 0.3) is 0 Å². The first-order chi connectivity index (χ1) is 8.63. The monoisotopic (exact) mass is 342 g/mol. The van der Waals surface area contributed by atoms with E-state index in [1.54, 1.807) is 0 Å². The molecule has 2 rings (SSSR count). The van der Waals surface area contributed by atoms with Gasteiger partial charge in [-0.2, -0.15) is 0 Å². The van der Waals surface area contributed by atoms with Gasteiger partial charge in [0.2, 0.25) is 0 Å². The first-order valence-electron chi connectivity index (χ1n) is 5.80. The second kappa shape index (κ2) is 6.10. The molecule has 0 fully saturated rings. The van der Waals surface area contributed by atoms with Gasteiger partial charge in [-0.15, -0.1) is 11.6 Å². The Morgan fingerprint density at radius 2 is 1.78 bits per heavy atom. The van der Waals surface area contributed by atoms with Crippen molar-refractivity contribution < 1.29 is 0 Å². The highest BCUT2D eigenvalue weighted by Gasteiger charge is 2.15. The van der Waals surface area contributed by atoms with E-state index in [9.17, 15) is 0 Å². The predicted molar refractivity (Wildman–Crippen MR) is 82.7 cm³/mol. The molecule has 0 aliphatic heterocycles. The summed E-state index contributed by atoms with van der Waals surface area (Å²) in [4.78, 5) is 0. The molecule has 3 heteroatoms. The topological polar surface area (TPSA) is 0 Å². The number of alkyl halides is 1. The molecule has 0 aliphatic rings. The van der Waals surface area contributed by atoms with Gasteiger partial charge in [-0.1, -0.05) is 54.9 Å². The van der Waals surface area contributed by atoms with Gasteiger partial charge in [0.05, 0.1) is 10.4 Å². The van der Waals surface area contributed by atoms with E-state index < -0.39 is 0 Å². The summed E-state index contributed by atoms with van der Waals surface area (Å²) in [5.74, 6) is 0. The van der Waals surface area contributed by atoms with Crippen LogP contribution < -0.4 is 0 Å². The Balaban J connectivity index is 2.35. The van der Waals surface area contributed by atoms with Crippen molar-refractivity contribution in [3.05, 3.63) is 68.7 Å². The van der Waals surface area contributed by atoms with E-state index in [-0.39, 0.29) is 5.38 Å². The Labute approximate surface area is 126 Å². The minimum Gasteiger partial charge on any atom is -0.113 e. The molecule has 0 nitrogen and oxygen atoms in total. The van der Waals surface area contributed by atoms with E-state index in [4.69, 9.17) is 23.2 Å². The molecule has 1 atom stereocenters. The molecule has 0 saturated carbocycles. The smallest absolute Gasteiger partial charge is 0.0850 e. The van der Waals surface area contributed by atoms with Gasteiger partial charge in [-0.3, -0.25) is 0 Å². The number of hydrogen-bond acceptors (Lipinski definition) is 0. The van der Waals surface area contributed by atoms with Gasteiger partial charge in [0.15, 0.2) is 0 Å². The minimum atomic E-state index is -0.221. The molecular weight excluding hydrogens is 331 g/mol. The summed E-state index contributed by atoms with van der Waals surface area (Å²) < 4.78 is 0.873. The summed E-state index contributed by atoms with van der Waals surface area (Å²) >= 11 is 16.2. The lowest BCUT2D eigenvalue weighted by molar-refractivity contribution is 1.10. The van der Waals surface area contributed by atoms with Crippen LogP contribution in [-0.2, 0) is 6.42 Å². The van der Waals surface area contributed by atoms with Crippen molar-refractivity contribution in [1.82, 2.24) is 0 Å². The van der Waals surface area contributed by atoms with Crippen LogP contribution in [0.4, 0.5) is 0 Å². The van der Waals surface area contributed by atoms with Gasteiger partial charge in [0, 0.05) is 4.47 Å².